The smallest absolute Gasteiger partial charge is 0.220 e. The third-order valence-corrected chi connectivity index (χ3v) is 16.9. The highest BCUT2D eigenvalue weighted by molar-refractivity contribution is 5.76. The number of carbonyl (C=O) groups is 1. The van der Waals surface area contributed by atoms with E-state index in [1.807, 2.05) is 0 Å². The third-order valence-electron chi connectivity index (χ3n) is 16.9. The molecular weight excluding hydrogens is 1030 g/mol. The SMILES string of the molecule is CCCC/C=C\C/C=C\CCCCCCCC(=O)NC(COC1OC(CO)C(OC2OC(CO)C(O)C(O)C2O)C(O)C1O)C(O)CCCCCCCCCCCCCCCCCCCCCCCCCCCCCCCCCCC. The van der Waals surface area contributed by atoms with Crippen LogP contribution in [0, 0.1) is 0 Å². The zero-order valence-corrected chi connectivity index (χ0v) is 51.8. The zero-order valence-electron chi connectivity index (χ0n) is 51.8. The molecule has 14 nitrogen and oxygen atoms in total. The average molecular weight is 1150 g/mol. The molecule has 2 fully saturated rings. The minimum Gasteiger partial charge on any atom is -0.394 e. The third kappa shape index (κ3) is 37.6. The van der Waals surface area contributed by atoms with Crippen molar-refractivity contribution in [3.8, 4) is 0 Å². The van der Waals surface area contributed by atoms with Crippen LogP contribution < -0.4 is 5.32 Å². The number of hydrogen-bond acceptors (Lipinski definition) is 13. The molecule has 2 aliphatic heterocycles. The fourth-order valence-electron chi connectivity index (χ4n) is 11.4. The molecule has 0 bridgehead atoms. The maximum absolute atomic E-state index is 13.3. The molecular formula is C67H127NO13. The van der Waals surface area contributed by atoms with Crippen molar-refractivity contribution in [3.05, 3.63) is 24.3 Å². The zero-order chi connectivity index (χ0) is 58.8. The normalized spacial score (nSPS) is 24.2. The molecule has 14 heteroatoms. The molecule has 9 N–H and O–H groups in total. The van der Waals surface area contributed by atoms with Crippen molar-refractivity contribution in [2.75, 3.05) is 19.8 Å². The van der Waals surface area contributed by atoms with Crippen LogP contribution in [0.4, 0.5) is 0 Å². The minimum absolute atomic E-state index is 0.217. The van der Waals surface area contributed by atoms with E-state index in [-0.39, 0.29) is 18.9 Å². The number of carbonyl (C=O) groups excluding carboxylic acids is 1. The van der Waals surface area contributed by atoms with Crippen LogP contribution in [-0.2, 0) is 23.7 Å². The summed E-state index contributed by atoms with van der Waals surface area (Å²) in [4.78, 5) is 13.3. The highest BCUT2D eigenvalue weighted by Gasteiger charge is 2.51. The van der Waals surface area contributed by atoms with Crippen LogP contribution in [-0.4, -0.2) is 140 Å². The molecule has 0 aromatic rings. The predicted molar refractivity (Wildman–Crippen MR) is 328 cm³/mol. The highest BCUT2D eigenvalue weighted by Crippen LogP contribution is 2.30. The van der Waals surface area contributed by atoms with Crippen molar-refractivity contribution >= 4 is 5.91 Å². The van der Waals surface area contributed by atoms with Crippen molar-refractivity contribution in [2.24, 2.45) is 0 Å². The topological polar surface area (TPSA) is 228 Å². The number of hydrogen-bond donors (Lipinski definition) is 9. The quantitative estimate of drug-likeness (QED) is 0.0204. The Morgan fingerprint density at radius 2 is 0.827 bits per heavy atom. The maximum atomic E-state index is 13.3. The first-order valence-electron chi connectivity index (χ1n) is 34.1. The molecule has 1 amide bonds. The fraction of sp³-hybridized carbons (Fsp3) is 0.925. The van der Waals surface area contributed by atoms with Gasteiger partial charge in [0.2, 0.25) is 5.91 Å². The highest BCUT2D eigenvalue weighted by atomic mass is 16.7. The summed E-state index contributed by atoms with van der Waals surface area (Å²) in [6, 6.07) is -0.835. The number of aliphatic hydroxyl groups is 8. The van der Waals surface area contributed by atoms with Gasteiger partial charge in [-0.25, -0.2) is 0 Å². The van der Waals surface area contributed by atoms with Gasteiger partial charge in [-0.15, -0.1) is 0 Å². The first-order chi connectivity index (χ1) is 39.6. The number of nitrogens with one attached hydrogen (secondary N) is 1. The second kappa shape index (κ2) is 52.8. The van der Waals surface area contributed by atoms with Gasteiger partial charge in [-0.1, -0.05) is 282 Å². The molecule has 0 aromatic heterocycles. The van der Waals surface area contributed by atoms with E-state index < -0.39 is 86.8 Å². The summed E-state index contributed by atoms with van der Waals surface area (Å²) >= 11 is 0. The average Bonchev–Trinajstić information content (AvgIpc) is 3.65. The largest absolute Gasteiger partial charge is 0.394 e. The standard InChI is InChI=1S/C67H127NO13/c1-3-5-7-9-11-13-15-17-19-20-21-22-23-24-25-26-27-28-29-30-31-32-33-34-35-36-37-38-40-42-44-46-48-50-56(71)55(68-59(72)51-49-47-45-43-41-39-18-16-14-12-10-8-6-4-2)54-78-66-64(77)62(75)65(58(53-70)80-66)81-67-63(76)61(74)60(73)57(52-69)79-67/h10,12,16,18,55-58,60-67,69-71,73-77H,3-9,11,13-15,17,19-54H2,1-2H3,(H,68,72)/b12-10-,18-16-. The second-order valence-corrected chi connectivity index (χ2v) is 24.3. The number of rotatable bonds is 56. The lowest BCUT2D eigenvalue weighted by molar-refractivity contribution is -0.359. The van der Waals surface area contributed by atoms with Gasteiger partial charge in [0.25, 0.3) is 0 Å². The van der Waals surface area contributed by atoms with Crippen LogP contribution >= 0.6 is 0 Å². The molecule has 12 atom stereocenters. The van der Waals surface area contributed by atoms with E-state index >= 15 is 0 Å². The number of aliphatic hydroxyl groups excluding tert-OH is 8. The molecule has 0 aromatic carbocycles. The van der Waals surface area contributed by atoms with Crippen LogP contribution in [0.3, 0.4) is 0 Å². The lowest BCUT2D eigenvalue weighted by Gasteiger charge is -2.46. The molecule has 0 saturated carbocycles. The first kappa shape index (κ1) is 75.6. The summed E-state index contributed by atoms with van der Waals surface area (Å²) < 4.78 is 22.9. The summed E-state index contributed by atoms with van der Waals surface area (Å²) in [6.07, 6.45) is 47.9. The number of amides is 1. The van der Waals surface area contributed by atoms with E-state index in [0.717, 1.165) is 70.6 Å². The van der Waals surface area contributed by atoms with Gasteiger partial charge in [0.15, 0.2) is 12.6 Å². The van der Waals surface area contributed by atoms with Crippen LogP contribution in [0.2, 0.25) is 0 Å². The summed E-state index contributed by atoms with van der Waals surface area (Å²) in [5.41, 5.74) is 0. The molecule has 2 aliphatic rings. The first-order valence-corrected chi connectivity index (χ1v) is 34.1. The Labute approximate surface area is 494 Å². The lowest BCUT2D eigenvalue weighted by Crippen LogP contribution is -2.65. The Balaban J connectivity index is 1.61. The molecule has 12 unspecified atom stereocenters. The Morgan fingerprint density at radius 1 is 0.444 bits per heavy atom. The van der Waals surface area contributed by atoms with Crippen LogP contribution in [0.5, 0.6) is 0 Å². The Kier molecular flexibility index (Phi) is 49.2. The van der Waals surface area contributed by atoms with Gasteiger partial charge in [-0.05, 0) is 38.5 Å². The van der Waals surface area contributed by atoms with Crippen LogP contribution in [0.1, 0.15) is 303 Å². The number of unbranched alkanes of at least 4 members (excludes halogenated alkanes) is 39. The van der Waals surface area contributed by atoms with E-state index in [2.05, 4.69) is 43.5 Å². The van der Waals surface area contributed by atoms with Gasteiger partial charge in [0.1, 0.15) is 48.8 Å². The van der Waals surface area contributed by atoms with Gasteiger partial charge in [-0.3, -0.25) is 4.79 Å². The van der Waals surface area contributed by atoms with E-state index in [1.54, 1.807) is 0 Å². The van der Waals surface area contributed by atoms with Crippen molar-refractivity contribution in [3.63, 3.8) is 0 Å². The Bertz CT molecular complexity index is 1450. The van der Waals surface area contributed by atoms with Crippen molar-refractivity contribution < 1.29 is 64.6 Å². The predicted octanol–water partition coefficient (Wildman–Crippen LogP) is 13.2. The molecule has 0 spiro atoms. The molecule has 0 aliphatic carbocycles. The van der Waals surface area contributed by atoms with Crippen molar-refractivity contribution in [1.29, 1.82) is 0 Å². The summed E-state index contributed by atoms with van der Waals surface area (Å²) in [5, 5.41) is 87.4. The van der Waals surface area contributed by atoms with Gasteiger partial charge in [0.05, 0.1) is 32.0 Å². The number of ether oxygens (including phenoxy) is 4. The van der Waals surface area contributed by atoms with E-state index in [0.29, 0.717) is 12.8 Å². The molecule has 2 heterocycles. The van der Waals surface area contributed by atoms with Crippen molar-refractivity contribution in [1.82, 2.24) is 5.32 Å². The van der Waals surface area contributed by atoms with E-state index in [1.165, 1.54) is 199 Å². The molecule has 81 heavy (non-hydrogen) atoms. The van der Waals surface area contributed by atoms with Crippen LogP contribution in [0.25, 0.3) is 0 Å². The van der Waals surface area contributed by atoms with Crippen molar-refractivity contribution in [2.45, 2.75) is 376 Å². The van der Waals surface area contributed by atoms with E-state index in [4.69, 9.17) is 18.9 Å². The molecule has 478 valence electrons. The van der Waals surface area contributed by atoms with Gasteiger partial charge in [-0.2, -0.15) is 0 Å². The minimum atomic E-state index is -1.78. The fourth-order valence-corrected chi connectivity index (χ4v) is 11.4. The molecule has 0 radical (unpaired) electrons. The Morgan fingerprint density at radius 3 is 1.27 bits per heavy atom. The maximum Gasteiger partial charge on any atom is 0.220 e. The summed E-state index contributed by atoms with van der Waals surface area (Å²) in [7, 11) is 0. The van der Waals surface area contributed by atoms with E-state index in [9.17, 15) is 45.6 Å². The summed E-state index contributed by atoms with van der Waals surface area (Å²) in [6.45, 7) is 2.84. The lowest BCUT2D eigenvalue weighted by atomic mass is 9.97. The van der Waals surface area contributed by atoms with Crippen LogP contribution in [0.15, 0.2) is 24.3 Å². The summed E-state index contributed by atoms with van der Waals surface area (Å²) in [5.74, 6) is -0.217. The Hall–Kier alpha value is -1.53. The molecule has 2 rings (SSSR count). The number of allylic oxidation sites excluding steroid dienone is 4. The van der Waals surface area contributed by atoms with Gasteiger partial charge in [0, 0.05) is 6.42 Å². The second-order valence-electron chi connectivity index (χ2n) is 24.3. The monoisotopic (exact) mass is 1150 g/mol. The van der Waals surface area contributed by atoms with Gasteiger partial charge < -0.3 is 65.1 Å². The molecule has 2 saturated heterocycles. The van der Waals surface area contributed by atoms with Gasteiger partial charge >= 0.3 is 0 Å².